The third kappa shape index (κ3) is 2.85. The summed E-state index contributed by atoms with van der Waals surface area (Å²) in [4.78, 5) is 15.8. The highest BCUT2D eigenvalue weighted by Crippen LogP contribution is 2.23. The zero-order valence-corrected chi connectivity index (χ0v) is 11.6. The molecule has 0 atom stereocenters. The second-order valence-electron chi connectivity index (χ2n) is 4.48. The Morgan fingerprint density at radius 3 is 2.83 bits per heavy atom. The van der Waals surface area contributed by atoms with Gasteiger partial charge < -0.3 is 9.13 Å². The molecule has 2 aromatic rings. The minimum atomic E-state index is 0.0281. The summed E-state index contributed by atoms with van der Waals surface area (Å²) in [5.74, 6) is 0.764. The van der Waals surface area contributed by atoms with Gasteiger partial charge in [-0.05, 0) is 25.5 Å². The van der Waals surface area contributed by atoms with E-state index in [1.807, 2.05) is 18.5 Å². The van der Waals surface area contributed by atoms with Gasteiger partial charge in [-0.15, -0.1) is 0 Å². The Morgan fingerprint density at radius 2 is 2.17 bits per heavy atom. The minimum Gasteiger partial charge on any atom is -0.324 e. The first-order valence-electron chi connectivity index (χ1n) is 5.89. The maximum atomic E-state index is 11.5. The molecular formula is C13H17N3OS. The number of rotatable bonds is 4. The van der Waals surface area contributed by atoms with Crippen LogP contribution in [0.4, 0.5) is 0 Å². The molecule has 5 heteroatoms. The lowest BCUT2D eigenvalue weighted by molar-refractivity contribution is 0.549. The Kier molecular flexibility index (Phi) is 3.91. The molecule has 0 amide bonds. The van der Waals surface area contributed by atoms with Gasteiger partial charge in [0.15, 0.2) is 5.16 Å². The smallest absolute Gasteiger partial charge is 0.250 e. The van der Waals surface area contributed by atoms with Crippen molar-refractivity contribution in [2.75, 3.05) is 0 Å². The van der Waals surface area contributed by atoms with Crippen molar-refractivity contribution in [3.63, 3.8) is 0 Å². The molecule has 0 aliphatic heterocycles. The van der Waals surface area contributed by atoms with Crippen molar-refractivity contribution in [2.45, 2.75) is 30.8 Å². The second-order valence-corrected chi connectivity index (χ2v) is 5.43. The predicted octanol–water partition coefficient (Wildman–Crippen LogP) is 2.46. The quantitative estimate of drug-likeness (QED) is 0.795. The molecular weight excluding hydrogens is 246 g/mol. The van der Waals surface area contributed by atoms with E-state index in [-0.39, 0.29) is 5.56 Å². The lowest BCUT2D eigenvalue weighted by atomic mass is 10.3. The molecule has 4 nitrogen and oxygen atoms in total. The van der Waals surface area contributed by atoms with Crippen LogP contribution in [-0.4, -0.2) is 14.1 Å². The highest BCUT2D eigenvalue weighted by atomic mass is 32.2. The Morgan fingerprint density at radius 1 is 1.39 bits per heavy atom. The van der Waals surface area contributed by atoms with Crippen molar-refractivity contribution in [2.24, 2.45) is 7.05 Å². The SMILES string of the molecule is CC(C)n1ccnc1SCc1ccn(C)c(=O)c1. The van der Waals surface area contributed by atoms with E-state index in [0.717, 1.165) is 16.5 Å². The van der Waals surface area contributed by atoms with Crippen molar-refractivity contribution in [1.82, 2.24) is 14.1 Å². The molecule has 2 heterocycles. The highest BCUT2D eigenvalue weighted by molar-refractivity contribution is 7.98. The molecule has 0 saturated heterocycles. The molecule has 0 saturated carbocycles. The number of thioether (sulfide) groups is 1. The van der Waals surface area contributed by atoms with Gasteiger partial charge in [0.05, 0.1) is 0 Å². The van der Waals surface area contributed by atoms with E-state index in [4.69, 9.17) is 0 Å². The fourth-order valence-electron chi connectivity index (χ4n) is 1.63. The number of hydrogen-bond acceptors (Lipinski definition) is 3. The van der Waals surface area contributed by atoms with Crippen molar-refractivity contribution in [1.29, 1.82) is 0 Å². The van der Waals surface area contributed by atoms with Crippen molar-refractivity contribution < 1.29 is 0 Å². The lowest BCUT2D eigenvalue weighted by Gasteiger charge is -2.10. The first kappa shape index (κ1) is 13.0. The Labute approximate surface area is 111 Å². The van der Waals surface area contributed by atoms with E-state index < -0.39 is 0 Å². The second kappa shape index (κ2) is 5.44. The van der Waals surface area contributed by atoms with E-state index >= 15 is 0 Å². The van der Waals surface area contributed by atoms with Gasteiger partial charge in [-0.1, -0.05) is 11.8 Å². The molecule has 0 aliphatic carbocycles. The largest absolute Gasteiger partial charge is 0.324 e. The van der Waals surface area contributed by atoms with Crippen LogP contribution in [0.1, 0.15) is 25.5 Å². The molecule has 0 fully saturated rings. The minimum absolute atomic E-state index is 0.0281. The molecule has 0 unspecified atom stereocenters. The zero-order valence-electron chi connectivity index (χ0n) is 10.8. The van der Waals surface area contributed by atoms with E-state index in [0.29, 0.717) is 6.04 Å². The molecule has 18 heavy (non-hydrogen) atoms. The van der Waals surface area contributed by atoms with Gasteiger partial charge in [0, 0.05) is 43.5 Å². The standard InChI is InChI=1S/C13H17N3OS/c1-10(2)16-7-5-14-13(16)18-9-11-4-6-15(3)12(17)8-11/h4-8,10H,9H2,1-3H3. The molecule has 0 aromatic carbocycles. The Balaban J connectivity index is 2.09. The number of aromatic nitrogens is 3. The lowest BCUT2D eigenvalue weighted by Crippen LogP contribution is -2.14. The van der Waals surface area contributed by atoms with Crippen LogP contribution in [0.25, 0.3) is 0 Å². The van der Waals surface area contributed by atoms with Crippen LogP contribution in [0, 0.1) is 0 Å². The maximum absolute atomic E-state index is 11.5. The molecule has 0 aliphatic rings. The summed E-state index contributed by atoms with van der Waals surface area (Å²) in [6, 6.07) is 4.05. The summed E-state index contributed by atoms with van der Waals surface area (Å²) in [5.41, 5.74) is 1.06. The fourth-order valence-corrected chi connectivity index (χ4v) is 2.66. The van der Waals surface area contributed by atoms with Gasteiger partial charge in [-0.3, -0.25) is 4.79 Å². The van der Waals surface area contributed by atoms with Crippen LogP contribution in [0.3, 0.4) is 0 Å². The summed E-state index contributed by atoms with van der Waals surface area (Å²) in [6.45, 7) is 4.26. The Bertz CT molecular complexity index is 586. The van der Waals surface area contributed by atoms with Crippen LogP contribution in [0.5, 0.6) is 0 Å². The van der Waals surface area contributed by atoms with E-state index in [9.17, 15) is 4.79 Å². The van der Waals surface area contributed by atoms with E-state index in [1.54, 1.807) is 35.6 Å². The van der Waals surface area contributed by atoms with Gasteiger partial charge in [-0.2, -0.15) is 0 Å². The first-order chi connectivity index (χ1) is 8.58. The van der Waals surface area contributed by atoms with E-state index in [2.05, 4.69) is 23.4 Å². The summed E-state index contributed by atoms with van der Waals surface area (Å²) in [6.07, 6.45) is 5.59. The number of hydrogen-bond donors (Lipinski definition) is 0. The van der Waals surface area contributed by atoms with Crippen LogP contribution < -0.4 is 5.56 Å². The van der Waals surface area contributed by atoms with E-state index in [1.165, 1.54) is 0 Å². The molecule has 96 valence electrons. The summed E-state index contributed by atoms with van der Waals surface area (Å²) in [7, 11) is 1.75. The van der Waals surface area contributed by atoms with Crippen LogP contribution in [-0.2, 0) is 12.8 Å². The third-order valence-corrected chi connectivity index (χ3v) is 3.78. The van der Waals surface area contributed by atoms with Crippen molar-refractivity contribution in [3.8, 4) is 0 Å². The third-order valence-electron chi connectivity index (χ3n) is 2.73. The van der Waals surface area contributed by atoms with Crippen LogP contribution in [0.2, 0.25) is 0 Å². The first-order valence-corrected chi connectivity index (χ1v) is 6.87. The maximum Gasteiger partial charge on any atom is 0.250 e. The fraction of sp³-hybridized carbons (Fsp3) is 0.385. The Hall–Kier alpha value is -1.49. The van der Waals surface area contributed by atoms with Gasteiger partial charge >= 0.3 is 0 Å². The number of imidazole rings is 1. The average molecular weight is 263 g/mol. The molecule has 2 rings (SSSR count). The molecule has 2 aromatic heterocycles. The normalized spacial score (nSPS) is 11.1. The molecule has 0 N–H and O–H groups in total. The summed E-state index contributed by atoms with van der Waals surface area (Å²) >= 11 is 1.65. The predicted molar refractivity (Wildman–Crippen MR) is 73.9 cm³/mol. The number of pyridine rings is 1. The molecule has 0 spiro atoms. The molecule has 0 radical (unpaired) electrons. The van der Waals surface area contributed by atoms with Gasteiger partial charge in [-0.25, -0.2) is 4.98 Å². The van der Waals surface area contributed by atoms with Crippen molar-refractivity contribution in [3.05, 3.63) is 46.6 Å². The van der Waals surface area contributed by atoms with Crippen LogP contribution >= 0.6 is 11.8 Å². The summed E-state index contributed by atoms with van der Waals surface area (Å²) in [5, 5.41) is 0.991. The monoisotopic (exact) mass is 263 g/mol. The van der Waals surface area contributed by atoms with Crippen molar-refractivity contribution >= 4 is 11.8 Å². The molecule has 0 bridgehead atoms. The average Bonchev–Trinajstić information content (AvgIpc) is 2.79. The zero-order chi connectivity index (χ0) is 13.1. The van der Waals surface area contributed by atoms with Crippen LogP contribution in [0.15, 0.2) is 40.7 Å². The number of nitrogens with zero attached hydrogens (tertiary/aromatic N) is 3. The van der Waals surface area contributed by atoms with Gasteiger partial charge in [0.1, 0.15) is 0 Å². The highest BCUT2D eigenvalue weighted by Gasteiger charge is 2.07. The van der Waals surface area contributed by atoms with Gasteiger partial charge in [0.2, 0.25) is 0 Å². The summed E-state index contributed by atoms with van der Waals surface area (Å²) < 4.78 is 3.70. The topological polar surface area (TPSA) is 39.8 Å². The number of aryl methyl sites for hydroxylation is 1. The van der Waals surface area contributed by atoms with Gasteiger partial charge in [0.25, 0.3) is 5.56 Å².